The average Bonchev–Trinajstić information content (AvgIpc) is 2.49. The molecule has 0 radical (unpaired) electrons. The van der Waals surface area contributed by atoms with Gasteiger partial charge >= 0.3 is 5.97 Å². The van der Waals surface area contributed by atoms with E-state index in [4.69, 9.17) is 15.2 Å². The SMILES string of the molecule is COC(=O)C1(N)CCN(Cc2ccc(OC)cc2)CC1.Cl.Cl. The summed E-state index contributed by atoms with van der Waals surface area (Å²) in [6, 6.07) is 8.04. The number of carbonyl (C=O) groups excluding carboxylic acids is 1. The van der Waals surface area contributed by atoms with Crippen molar-refractivity contribution in [2.45, 2.75) is 24.9 Å². The minimum absolute atomic E-state index is 0. The van der Waals surface area contributed by atoms with Crippen LogP contribution in [0.1, 0.15) is 18.4 Å². The first kappa shape index (κ1) is 21.0. The van der Waals surface area contributed by atoms with Crippen molar-refractivity contribution >= 4 is 30.8 Å². The van der Waals surface area contributed by atoms with Gasteiger partial charge in [0.1, 0.15) is 11.3 Å². The van der Waals surface area contributed by atoms with Crippen LogP contribution in [-0.2, 0) is 16.1 Å². The lowest BCUT2D eigenvalue weighted by molar-refractivity contribution is -0.149. The van der Waals surface area contributed by atoms with E-state index in [1.54, 1.807) is 7.11 Å². The Labute approximate surface area is 144 Å². The van der Waals surface area contributed by atoms with Gasteiger partial charge in [0.25, 0.3) is 0 Å². The molecule has 1 aliphatic heterocycles. The number of likely N-dealkylation sites (tertiary alicyclic amines) is 1. The quantitative estimate of drug-likeness (QED) is 0.841. The molecule has 1 saturated heterocycles. The Balaban J connectivity index is 0.00000220. The predicted octanol–water partition coefficient (Wildman–Crippen LogP) is 2.01. The number of piperidine rings is 1. The van der Waals surface area contributed by atoms with Crippen LogP contribution in [0.2, 0.25) is 0 Å². The monoisotopic (exact) mass is 350 g/mol. The van der Waals surface area contributed by atoms with Gasteiger partial charge in [-0.15, -0.1) is 24.8 Å². The lowest BCUT2D eigenvalue weighted by Crippen LogP contribution is -2.55. The topological polar surface area (TPSA) is 64.8 Å². The number of ether oxygens (including phenoxy) is 2. The molecule has 0 aliphatic carbocycles. The molecule has 1 fully saturated rings. The number of esters is 1. The third-order valence-corrected chi connectivity index (χ3v) is 3.91. The maximum Gasteiger partial charge on any atom is 0.325 e. The van der Waals surface area contributed by atoms with Crippen molar-refractivity contribution in [1.29, 1.82) is 0 Å². The second kappa shape index (κ2) is 9.20. The molecule has 1 aliphatic rings. The molecule has 126 valence electrons. The molecule has 1 aromatic carbocycles. The number of methoxy groups -OCH3 is 2. The second-order valence-electron chi connectivity index (χ2n) is 5.27. The third kappa shape index (κ3) is 5.02. The smallest absolute Gasteiger partial charge is 0.325 e. The Bertz CT molecular complexity index is 460. The number of hydrogen-bond acceptors (Lipinski definition) is 5. The molecule has 7 heteroatoms. The predicted molar refractivity (Wildman–Crippen MR) is 90.9 cm³/mol. The zero-order valence-electron chi connectivity index (χ0n) is 12.9. The van der Waals surface area contributed by atoms with E-state index in [1.807, 2.05) is 12.1 Å². The summed E-state index contributed by atoms with van der Waals surface area (Å²) in [4.78, 5) is 13.9. The minimum atomic E-state index is -0.814. The summed E-state index contributed by atoms with van der Waals surface area (Å²) in [5.41, 5.74) is 6.50. The minimum Gasteiger partial charge on any atom is -0.497 e. The van der Waals surface area contributed by atoms with Gasteiger partial charge in [0.2, 0.25) is 0 Å². The van der Waals surface area contributed by atoms with Crippen molar-refractivity contribution in [3.63, 3.8) is 0 Å². The molecule has 0 unspecified atom stereocenters. The summed E-state index contributed by atoms with van der Waals surface area (Å²) in [5.74, 6) is 0.556. The van der Waals surface area contributed by atoms with Gasteiger partial charge in [0, 0.05) is 19.6 Å². The number of carbonyl (C=O) groups is 1. The number of nitrogens with zero attached hydrogens (tertiary/aromatic N) is 1. The highest BCUT2D eigenvalue weighted by Gasteiger charge is 2.38. The Morgan fingerprint density at radius 1 is 1.18 bits per heavy atom. The van der Waals surface area contributed by atoms with E-state index in [9.17, 15) is 4.79 Å². The molecule has 22 heavy (non-hydrogen) atoms. The number of nitrogens with two attached hydrogens (primary N) is 1. The first-order chi connectivity index (χ1) is 9.57. The van der Waals surface area contributed by atoms with Gasteiger partial charge in [-0.25, -0.2) is 0 Å². The van der Waals surface area contributed by atoms with Crippen LogP contribution in [0.25, 0.3) is 0 Å². The largest absolute Gasteiger partial charge is 0.497 e. The molecule has 0 atom stereocenters. The molecule has 0 spiro atoms. The van der Waals surface area contributed by atoms with Crippen LogP contribution in [-0.4, -0.2) is 43.7 Å². The number of benzene rings is 1. The molecule has 5 nitrogen and oxygen atoms in total. The summed E-state index contributed by atoms with van der Waals surface area (Å²) in [5, 5.41) is 0. The molecule has 0 amide bonds. The van der Waals surface area contributed by atoms with Crippen molar-refractivity contribution in [3.8, 4) is 5.75 Å². The van der Waals surface area contributed by atoms with Crippen molar-refractivity contribution in [2.24, 2.45) is 5.73 Å². The standard InChI is InChI=1S/C15H22N2O3.2ClH/c1-19-13-5-3-12(4-6-13)11-17-9-7-15(16,8-10-17)14(18)20-2;;/h3-6H,7-11,16H2,1-2H3;2*1H. The molecule has 0 saturated carbocycles. The summed E-state index contributed by atoms with van der Waals surface area (Å²) in [7, 11) is 3.05. The van der Waals surface area contributed by atoms with Gasteiger partial charge in [-0.3, -0.25) is 9.69 Å². The number of hydrogen-bond donors (Lipinski definition) is 1. The van der Waals surface area contributed by atoms with Crippen molar-refractivity contribution in [1.82, 2.24) is 4.90 Å². The highest BCUT2D eigenvalue weighted by atomic mass is 35.5. The molecule has 0 aromatic heterocycles. The molecular formula is C15H24Cl2N2O3. The van der Waals surface area contributed by atoms with E-state index >= 15 is 0 Å². The summed E-state index contributed by atoms with van der Waals surface area (Å²) < 4.78 is 9.92. The highest BCUT2D eigenvalue weighted by Crippen LogP contribution is 2.23. The first-order valence-electron chi connectivity index (χ1n) is 6.80. The number of rotatable bonds is 4. The fraction of sp³-hybridized carbons (Fsp3) is 0.533. The maximum atomic E-state index is 11.6. The van der Waals surface area contributed by atoms with Crippen LogP contribution >= 0.6 is 24.8 Å². The van der Waals surface area contributed by atoms with E-state index < -0.39 is 5.54 Å². The van der Waals surface area contributed by atoms with Crippen LogP contribution in [0.15, 0.2) is 24.3 Å². The van der Waals surface area contributed by atoms with Gasteiger partial charge in [0.05, 0.1) is 14.2 Å². The normalized spacial score (nSPS) is 16.9. The molecule has 1 heterocycles. The molecule has 2 rings (SSSR count). The van der Waals surface area contributed by atoms with Gasteiger partial charge in [-0.2, -0.15) is 0 Å². The van der Waals surface area contributed by atoms with Gasteiger partial charge in [0.15, 0.2) is 0 Å². The summed E-state index contributed by atoms with van der Waals surface area (Å²) in [6.07, 6.45) is 1.27. The van der Waals surface area contributed by atoms with E-state index in [0.717, 1.165) is 25.4 Å². The van der Waals surface area contributed by atoms with Gasteiger partial charge in [-0.1, -0.05) is 12.1 Å². The van der Waals surface area contributed by atoms with E-state index in [0.29, 0.717) is 12.8 Å². The van der Waals surface area contributed by atoms with E-state index in [1.165, 1.54) is 12.7 Å². The third-order valence-electron chi connectivity index (χ3n) is 3.91. The lowest BCUT2D eigenvalue weighted by Gasteiger charge is -2.37. The molecule has 1 aromatic rings. The Morgan fingerprint density at radius 3 is 2.18 bits per heavy atom. The van der Waals surface area contributed by atoms with Crippen molar-refractivity contribution in [2.75, 3.05) is 27.3 Å². The molecule has 0 bridgehead atoms. The Hall–Kier alpha value is -1.01. The zero-order chi connectivity index (χ0) is 14.6. The Kier molecular flexibility index (Phi) is 8.78. The van der Waals surface area contributed by atoms with Crippen LogP contribution in [0, 0.1) is 0 Å². The van der Waals surface area contributed by atoms with Crippen LogP contribution in [0.5, 0.6) is 5.75 Å². The average molecular weight is 351 g/mol. The summed E-state index contributed by atoms with van der Waals surface area (Å²) >= 11 is 0. The van der Waals surface area contributed by atoms with Crippen molar-refractivity contribution in [3.05, 3.63) is 29.8 Å². The fourth-order valence-electron chi connectivity index (χ4n) is 2.51. The highest BCUT2D eigenvalue weighted by molar-refractivity contribution is 5.85. The zero-order valence-corrected chi connectivity index (χ0v) is 14.5. The van der Waals surface area contributed by atoms with Gasteiger partial charge in [-0.05, 0) is 30.5 Å². The molecular weight excluding hydrogens is 327 g/mol. The van der Waals surface area contributed by atoms with E-state index in [-0.39, 0.29) is 30.8 Å². The van der Waals surface area contributed by atoms with Crippen LogP contribution < -0.4 is 10.5 Å². The van der Waals surface area contributed by atoms with Crippen LogP contribution in [0.4, 0.5) is 0 Å². The number of halogens is 2. The van der Waals surface area contributed by atoms with Crippen molar-refractivity contribution < 1.29 is 14.3 Å². The maximum absolute atomic E-state index is 11.6. The van der Waals surface area contributed by atoms with E-state index in [2.05, 4.69) is 17.0 Å². The lowest BCUT2D eigenvalue weighted by atomic mass is 9.88. The van der Waals surface area contributed by atoms with Gasteiger partial charge < -0.3 is 15.2 Å². The first-order valence-corrected chi connectivity index (χ1v) is 6.80. The molecule has 2 N–H and O–H groups in total. The summed E-state index contributed by atoms with van der Waals surface area (Å²) in [6.45, 7) is 2.47. The fourth-order valence-corrected chi connectivity index (χ4v) is 2.51. The van der Waals surface area contributed by atoms with Crippen LogP contribution in [0.3, 0.4) is 0 Å². The Morgan fingerprint density at radius 2 is 1.73 bits per heavy atom. The second-order valence-corrected chi connectivity index (χ2v) is 5.27.